The lowest BCUT2D eigenvalue weighted by atomic mass is 10.1. The molecule has 1 aliphatic rings. The van der Waals surface area contributed by atoms with Crippen molar-refractivity contribution in [3.8, 4) is 0 Å². The molecule has 0 spiro atoms. The highest BCUT2D eigenvalue weighted by Gasteiger charge is 2.25. The Morgan fingerprint density at radius 3 is 2.48 bits per heavy atom. The number of amides is 1. The fourth-order valence-corrected chi connectivity index (χ4v) is 3.79. The Balaban J connectivity index is 1.56. The summed E-state index contributed by atoms with van der Waals surface area (Å²) < 4.78 is 1.84. The Labute approximate surface area is 162 Å². The molecule has 1 fully saturated rings. The second-order valence-electron chi connectivity index (χ2n) is 6.76. The predicted molar refractivity (Wildman–Crippen MR) is 109 cm³/mol. The summed E-state index contributed by atoms with van der Waals surface area (Å²) in [5.74, 6) is -0.202. The van der Waals surface area contributed by atoms with E-state index in [-0.39, 0.29) is 16.9 Å². The maximum Gasteiger partial charge on any atom is 0.259 e. The number of pyridine rings is 1. The van der Waals surface area contributed by atoms with Gasteiger partial charge in [-0.05, 0) is 30.3 Å². The second-order valence-corrected chi connectivity index (χ2v) is 7.20. The number of para-hydroxylation sites is 1. The lowest BCUT2D eigenvalue weighted by Crippen LogP contribution is -2.49. The summed E-state index contributed by atoms with van der Waals surface area (Å²) in [6.45, 7) is 2.56. The highest BCUT2D eigenvalue weighted by atomic mass is 35.5. The van der Waals surface area contributed by atoms with Crippen molar-refractivity contribution in [1.82, 2.24) is 9.47 Å². The SMILES string of the molecule is Cn1cc(C(=O)N2CCN(c3cccc(Cl)c3)CC2)c(=O)c2ccccc21. The first-order chi connectivity index (χ1) is 13.0. The van der Waals surface area contributed by atoms with Gasteiger partial charge in [-0.2, -0.15) is 0 Å². The number of halogens is 1. The molecule has 138 valence electrons. The van der Waals surface area contributed by atoms with Crippen LogP contribution in [0.15, 0.2) is 59.5 Å². The minimum Gasteiger partial charge on any atom is -0.368 e. The molecule has 4 rings (SSSR count). The highest BCUT2D eigenvalue weighted by molar-refractivity contribution is 6.30. The van der Waals surface area contributed by atoms with E-state index in [1.807, 2.05) is 54.1 Å². The second kappa shape index (κ2) is 7.08. The van der Waals surface area contributed by atoms with Crippen molar-refractivity contribution in [1.29, 1.82) is 0 Å². The number of nitrogens with zero attached hydrogens (tertiary/aromatic N) is 3. The molecule has 3 aromatic rings. The molecule has 0 saturated carbocycles. The lowest BCUT2D eigenvalue weighted by Gasteiger charge is -2.36. The topological polar surface area (TPSA) is 45.6 Å². The molecule has 0 N–H and O–H groups in total. The van der Waals surface area contributed by atoms with Gasteiger partial charge in [-0.1, -0.05) is 29.8 Å². The van der Waals surface area contributed by atoms with Gasteiger partial charge in [-0.15, -0.1) is 0 Å². The van der Waals surface area contributed by atoms with E-state index in [0.29, 0.717) is 36.6 Å². The van der Waals surface area contributed by atoms with Gasteiger partial charge in [0.1, 0.15) is 5.56 Å². The van der Waals surface area contributed by atoms with E-state index in [9.17, 15) is 9.59 Å². The van der Waals surface area contributed by atoms with Gasteiger partial charge in [0.05, 0.1) is 5.52 Å². The van der Waals surface area contributed by atoms with Crippen molar-refractivity contribution < 1.29 is 4.79 Å². The molecule has 6 heteroatoms. The quantitative estimate of drug-likeness (QED) is 0.685. The summed E-state index contributed by atoms with van der Waals surface area (Å²) in [6.07, 6.45) is 1.65. The summed E-state index contributed by atoms with van der Waals surface area (Å²) in [4.78, 5) is 29.7. The Morgan fingerprint density at radius 2 is 1.74 bits per heavy atom. The number of hydrogen-bond acceptors (Lipinski definition) is 3. The van der Waals surface area contributed by atoms with Crippen molar-refractivity contribution in [2.45, 2.75) is 0 Å². The zero-order valence-electron chi connectivity index (χ0n) is 15.1. The predicted octanol–water partition coefficient (Wildman–Crippen LogP) is 3.15. The zero-order valence-corrected chi connectivity index (χ0v) is 15.8. The van der Waals surface area contributed by atoms with Crippen LogP contribution in [0, 0.1) is 0 Å². The molecule has 1 aliphatic heterocycles. The standard InChI is InChI=1S/C21H20ClN3O2/c1-23-14-18(20(26)17-7-2-3-8-19(17)23)21(27)25-11-9-24(10-12-25)16-6-4-5-15(22)13-16/h2-8,13-14H,9-12H2,1H3. The molecule has 0 bridgehead atoms. The fourth-order valence-electron chi connectivity index (χ4n) is 3.60. The van der Waals surface area contributed by atoms with Crippen LogP contribution in [0.3, 0.4) is 0 Å². The molecule has 0 radical (unpaired) electrons. The van der Waals surface area contributed by atoms with E-state index in [1.54, 1.807) is 17.2 Å². The highest BCUT2D eigenvalue weighted by Crippen LogP contribution is 2.21. The zero-order chi connectivity index (χ0) is 19.0. The van der Waals surface area contributed by atoms with E-state index in [4.69, 9.17) is 11.6 Å². The first-order valence-corrected chi connectivity index (χ1v) is 9.30. The minimum atomic E-state index is -0.203. The maximum absolute atomic E-state index is 13.0. The number of aryl methyl sites for hydroxylation is 1. The summed E-state index contributed by atoms with van der Waals surface area (Å²) in [6, 6.07) is 15.1. The number of rotatable bonds is 2. The Hall–Kier alpha value is -2.79. The molecular formula is C21H20ClN3O2. The number of aromatic nitrogens is 1. The van der Waals surface area contributed by atoms with Gasteiger partial charge in [0.2, 0.25) is 5.43 Å². The molecule has 0 aliphatic carbocycles. The van der Waals surface area contributed by atoms with Crippen LogP contribution < -0.4 is 10.3 Å². The number of hydrogen-bond donors (Lipinski definition) is 0. The van der Waals surface area contributed by atoms with E-state index >= 15 is 0 Å². The van der Waals surface area contributed by atoms with Crippen molar-refractivity contribution in [2.75, 3.05) is 31.1 Å². The first-order valence-electron chi connectivity index (χ1n) is 8.93. The molecule has 5 nitrogen and oxygen atoms in total. The van der Waals surface area contributed by atoms with Crippen LogP contribution in [-0.2, 0) is 7.05 Å². The third-order valence-corrected chi connectivity index (χ3v) is 5.30. The average Bonchev–Trinajstić information content (AvgIpc) is 2.70. The molecule has 1 saturated heterocycles. The largest absolute Gasteiger partial charge is 0.368 e. The van der Waals surface area contributed by atoms with Crippen LogP contribution in [0.2, 0.25) is 5.02 Å². The van der Waals surface area contributed by atoms with Gasteiger partial charge in [-0.3, -0.25) is 9.59 Å². The van der Waals surface area contributed by atoms with Crippen LogP contribution in [0.5, 0.6) is 0 Å². The van der Waals surface area contributed by atoms with Crippen LogP contribution in [0.4, 0.5) is 5.69 Å². The third kappa shape index (κ3) is 3.30. The molecule has 2 heterocycles. The van der Waals surface area contributed by atoms with Crippen molar-refractivity contribution in [2.24, 2.45) is 7.05 Å². The first kappa shape index (κ1) is 17.6. The van der Waals surface area contributed by atoms with Crippen LogP contribution in [0.1, 0.15) is 10.4 Å². The molecular weight excluding hydrogens is 362 g/mol. The van der Waals surface area contributed by atoms with Crippen molar-refractivity contribution in [3.05, 3.63) is 75.5 Å². The number of benzene rings is 2. The van der Waals surface area contributed by atoms with Gasteiger partial charge in [0.25, 0.3) is 5.91 Å². The Kier molecular flexibility index (Phi) is 4.62. The summed E-state index contributed by atoms with van der Waals surface area (Å²) in [7, 11) is 1.86. The van der Waals surface area contributed by atoms with Gasteiger partial charge >= 0.3 is 0 Å². The summed E-state index contributed by atoms with van der Waals surface area (Å²) >= 11 is 6.07. The molecule has 1 amide bonds. The van der Waals surface area contributed by atoms with Crippen molar-refractivity contribution >= 4 is 34.1 Å². The van der Waals surface area contributed by atoms with Gasteiger partial charge in [-0.25, -0.2) is 0 Å². The van der Waals surface area contributed by atoms with E-state index in [1.165, 1.54) is 0 Å². The molecule has 0 unspecified atom stereocenters. The van der Waals surface area contributed by atoms with Crippen molar-refractivity contribution in [3.63, 3.8) is 0 Å². The average molecular weight is 382 g/mol. The number of fused-ring (bicyclic) bond motifs is 1. The van der Waals surface area contributed by atoms with E-state index < -0.39 is 0 Å². The summed E-state index contributed by atoms with van der Waals surface area (Å²) in [5.41, 5.74) is 1.90. The van der Waals surface area contributed by atoms with Gasteiger partial charge in [0.15, 0.2) is 0 Å². The third-order valence-electron chi connectivity index (χ3n) is 5.07. The molecule has 1 aromatic heterocycles. The minimum absolute atomic E-state index is 0.202. The lowest BCUT2D eigenvalue weighted by molar-refractivity contribution is 0.0745. The number of carbonyl (C=O) groups excluding carboxylic acids is 1. The smallest absolute Gasteiger partial charge is 0.259 e. The number of anilines is 1. The maximum atomic E-state index is 13.0. The number of piperazine rings is 1. The van der Waals surface area contributed by atoms with Crippen LogP contribution >= 0.6 is 11.6 Å². The number of carbonyl (C=O) groups is 1. The van der Waals surface area contributed by atoms with Crippen LogP contribution in [-0.4, -0.2) is 41.6 Å². The van der Waals surface area contributed by atoms with Gasteiger partial charge < -0.3 is 14.4 Å². The van der Waals surface area contributed by atoms with E-state index in [2.05, 4.69) is 4.90 Å². The molecule has 2 aromatic carbocycles. The summed E-state index contributed by atoms with van der Waals surface area (Å²) in [5, 5.41) is 1.27. The van der Waals surface area contributed by atoms with Crippen LogP contribution in [0.25, 0.3) is 10.9 Å². The van der Waals surface area contributed by atoms with Gasteiger partial charge in [0, 0.05) is 55.5 Å². The Bertz CT molecular complexity index is 1070. The molecule has 0 atom stereocenters. The monoisotopic (exact) mass is 381 g/mol. The fraction of sp³-hybridized carbons (Fsp3) is 0.238. The Morgan fingerprint density at radius 1 is 1.00 bits per heavy atom. The van der Waals surface area contributed by atoms with E-state index in [0.717, 1.165) is 11.2 Å². The normalized spacial score (nSPS) is 14.6. The molecule has 27 heavy (non-hydrogen) atoms.